The van der Waals surface area contributed by atoms with Gasteiger partial charge >= 0.3 is 0 Å². The molecule has 4 bridgehead atoms. The highest BCUT2D eigenvalue weighted by Gasteiger charge is 2.52. The molecule has 0 unspecified atom stereocenters. The minimum absolute atomic E-state index is 0.0200. The van der Waals surface area contributed by atoms with Crippen LogP contribution in [0.1, 0.15) is 96.9 Å². The zero-order valence-corrected chi connectivity index (χ0v) is 25.0. The van der Waals surface area contributed by atoms with E-state index in [9.17, 15) is 0 Å². The van der Waals surface area contributed by atoms with E-state index in [-0.39, 0.29) is 16.2 Å². The van der Waals surface area contributed by atoms with E-state index in [4.69, 9.17) is 9.97 Å². The van der Waals surface area contributed by atoms with Crippen molar-refractivity contribution in [3.8, 4) is 22.6 Å². The third-order valence-electron chi connectivity index (χ3n) is 9.37. The highest BCUT2D eigenvalue weighted by molar-refractivity contribution is 9.10. The summed E-state index contributed by atoms with van der Waals surface area (Å²) in [5, 5.41) is 0. The molecule has 0 atom stereocenters. The molecule has 0 saturated heterocycles. The maximum absolute atomic E-state index is 5.51. The van der Waals surface area contributed by atoms with Gasteiger partial charge in [0, 0.05) is 21.1 Å². The molecule has 4 aliphatic rings. The molecular formula is C34H41BrN2. The molecule has 3 aromatic rings. The molecule has 2 nitrogen and oxygen atoms in total. The van der Waals surface area contributed by atoms with E-state index in [0.717, 1.165) is 44.9 Å². The molecule has 194 valence electrons. The molecule has 0 radical (unpaired) electrons. The number of nitrogens with zero attached hydrogens (tertiary/aromatic N) is 2. The molecule has 1 aromatic carbocycles. The smallest absolute Gasteiger partial charge is 0.0896 e. The van der Waals surface area contributed by atoms with Crippen LogP contribution in [0.25, 0.3) is 22.6 Å². The van der Waals surface area contributed by atoms with Gasteiger partial charge in [0.15, 0.2) is 0 Å². The Bertz CT molecular complexity index is 1290. The average molecular weight is 558 g/mol. The van der Waals surface area contributed by atoms with E-state index in [1.165, 1.54) is 55.3 Å². The summed E-state index contributed by atoms with van der Waals surface area (Å²) < 4.78 is 1.09. The van der Waals surface area contributed by atoms with Gasteiger partial charge in [-0.05, 0) is 115 Å². The lowest BCUT2D eigenvalue weighted by molar-refractivity contribution is -0.00721. The molecular weight excluding hydrogens is 516 g/mol. The van der Waals surface area contributed by atoms with E-state index in [1.54, 1.807) is 0 Å². The Hall–Kier alpha value is -2.00. The maximum atomic E-state index is 5.51. The lowest BCUT2D eigenvalue weighted by atomic mass is 9.48. The predicted octanol–water partition coefficient (Wildman–Crippen LogP) is 9.64. The molecule has 0 aliphatic heterocycles. The van der Waals surface area contributed by atoms with Crippen LogP contribution in [0.5, 0.6) is 0 Å². The molecule has 0 spiro atoms. The summed E-state index contributed by atoms with van der Waals surface area (Å²) in [6.45, 7) is 13.9. The van der Waals surface area contributed by atoms with Crippen LogP contribution in [0.3, 0.4) is 0 Å². The van der Waals surface area contributed by atoms with Gasteiger partial charge in [0.1, 0.15) is 0 Å². The number of hydrogen-bond acceptors (Lipinski definition) is 2. The quantitative estimate of drug-likeness (QED) is 0.320. The van der Waals surface area contributed by atoms with Crippen LogP contribution in [-0.2, 0) is 16.2 Å². The monoisotopic (exact) mass is 556 g/mol. The van der Waals surface area contributed by atoms with Gasteiger partial charge in [0.25, 0.3) is 0 Å². The van der Waals surface area contributed by atoms with Crippen molar-refractivity contribution in [1.82, 2.24) is 9.97 Å². The zero-order chi connectivity index (χ0) is 26.2. The van der Waals surface area contributed by atoms with Crippen molar-refractivity contribution in [3.05, 3.63) is 69.8 Å². The first kappa shape index (κ1) is 25.3. The van der Waals surface area contributed by atoms with Gasteiger partial charge in [-0.15, -0.1) is 0 Å². The first-order chi connectivity index (χ1) is 17.4. The molecule has 0 N–H and O–H groups in total. The first-order valence-corrected chi connectivity index (χ1v) is 15.0. The fraction of sp³-hybridized carbons (Fsp3) is 0.529. The largest absolute Gasteiger partial charge is 0.251 e. The molecule has 4 fully saturated rings. The van der Waals surface area contributed by atoms with Crippen LogP contribution in [0, 0.1) is 17.8 Å². The van der Waals surface area contributed by atoms with Crippen LogP contribution >= 0.6 is 15.9 Å². The van der Waals surface area contributed by atoms with Crippen molar-refractivity contribution in [2.75, 3.05) is 0 Å². The number of benzene rings is 1. The normalized spacial score (nSPS) is 27.1. The van der Waals surface area contributed by atoms with Gasteiger partial charge < -0.3 is 0 Å². The summed E-state index contributed by atoms with van der Waals surface area (Å²) in [5.41, 5.74) is 8.59. The molecule has 4 aliphatic carbocycles. The molecule has 37 heavy (non-hydrogen) atoms. The molecule has 7 rings (SSSR count). The summed E-state index contributed by atoms with van der Waals surface area (Å²) >= 11 is 3.59. The number of pyridine rings is 2. The molecule has 4 saturated carbocycles. The summed E-state index contributed by atoms with van der Waals surface area (Å²) in [4.78, 5) is 10.8. The van der Waals surface area contributed by atoms with Crippen molar-refractivity contribution in [1.29, 1.82) is 0 Å². The van der Waals surface area contributed by atoms with Gasteiger partial charge in [0.05, 0.1) is 17.1 Å². The van der Waals surface area contributed by atoms with E-state index in [0.29, 0.717) is 0 Å². The second-order valence-electron chi connectivity index (χ2n) is 14.5. The van der Waals surface area contributed by atoms with E-state index in [2.05, 4.69) is 106 Å². The van der Waals surface area contributed by atoms with E-state index < -0.39 is 0 Å². The van der Waals surface area contributed by atoms with Crippen LogP contribution < -0.4 is 0 Å². The predicted molar refractivity (Wildman–Crippen MR) is 158 cm³/mol. The number of hydrogen-bond donors (Lipinski definition) is 0. The zero-order valence-electron chi connectivity index (χ0n) is 23.4. The van der Waals surface area contributed by atoms with Gasteiger partial charge in [-0.25, -0.2) is 4.98 Å². The van der Waals surface area contributed by atoms with E-state index >= 15 is 0 Å². The molecule has 2 aromatic heterocycles. The summed E-state index contributed by atoms with van der Waals surface area (Å²) in [6, 6.07) is 17.9. The number of rotatable bonds is 3. The Labute approximate surface area is 231 Å². The van der Waals surface area contributed by atoms with Crippen molar-refractivity contribution in [2.24, 2.45) is 17.8 Å². The fourth-order valence-corrected chi connectivity index (χ4v) is 7.92. The van der Waals surface area contributed by atoms with Crippen LogP contribution in [0.2, 0.25) is 0 Å². The Morgan fingerprint density at radius 2 is 1.11 bits per heavy atom. The Morgan fingerprint density at radius 1 is 0.649 bits per heavy atom. The lowest BCUT2D eigenvalue weighted by Crippen LogP contribution is -2.49. The van der Waals surface area contributed by atoms with Crippen LogP contribution in [0.4, 0.5) is 0 Å². The summed E-state index contributed by atoms with van der Waals surface area (Å²) in [5.74, 6) is 2.71. The minimum Gasteiger partial charge on any atom is -0.251 e. The van der Waals surface area contributed by atoms with Gasteiger partial charge in [-0.1, -0.05) is 69.6 Å². The Morgan fingerprint density at radius 3 is 1.62 bits per heavy atom. The standard InChI is InChI=1S/C34H41BrN2/c1-32(2,3)25-14-28(24-7-9-27(35)10-8-24)36-29(15-25)30-16-26(33(4,5)6)17-31(37-30)34-18-21-11-22(19-34)13-23(12-21)20-34/h7-10,14-17,21-23H,11-13,18-20H2,1-6H3. The fourth-order valence-electron chi connectivity index (χ4n) is 7.65. The molecule has 3 heteroatoms. The van der Waals surface area contributed by atoms with Crippen molar-refractivity contribution in [3.63, 3.8) is 0 Å². The number of aromatic nitrogens is 2. The third-order valence-corrected chi connectivity index (χ3v) is 9.90. The summed E-state index contributed by atoms with van der Waals surface area (Å²) in [7, 11) is 0. The highest BCUT2D eigenvalue weighted by atomic mass is 79.9. The maximum Gasteiger partial charge on any atom is 0.0896 e. The molecule has 2 heterocycles. The SMILES string of the molecule is CC(C)(C)c1cc(-c2ccc(Br)cc2)nc(-c2cc(C(C)(C)C)cc(C34CC5CC(CC(C5)C3)C4)n2)c1. The highest BCUT2D eigenvalue weighted by Crippen LogP contribution is 2.60. The minimum atomic E-state index is 0.0200. The number of halogens is 1. The Balaban J connectivity index is 1.52. The second-order valence-corrected chi connectivity index (χ2v) is 15.4. The van der Waals surface area contributed by atoms with Gasteiger partial charge in [-0.2, -0.15) is 0 Å². The molecule has 0 amide bonds. The Kier molecular flexibility index (Phi) is 5.99. The van der Waals surface area contributed by atoms with Crippen molar-refractivity contribution in [2.45, 2.75) is 96.3 Å². The first-order valence-electron chi connectivity index (χ1n) is 14.2. The van der Waals surface area contributed by atoms with Crippen LogP contribution in [0.15, 0.2) is 53.0 Å². The summed E-state index contributed by atoms with van der Waals surface area (Å²) in [6.07, 6.45) is 8.36. The van der Waals surface area contributed by atoms with E-state index in [1.807, 2.05) is 0 Å². The van der Waals surface area contributed by atoms with Crippen LogP contribution in [-0.4, -0.2) is 9.97 Å². The van der Waals surface area contributed by atoms with Crippen molar-refractivity contribution >= 4 is 15.9 Å². The second kappa shape index (κ2) is 8.76. The van der Waals surface area contributed by atoms with Crippen molar-refractivity contribution < 1.29 is 0 Å². The third kappa shape index (κ3) is 4.82. The lowest BCUT2D eigenvalue weighted by Gasteiger charge is -2.56. The average Bonchev–Trinajstić information content (AvgIpc) is 2.82. The van der Waals surface area contributed by atoms with Gasteiger partial charge in [0.2, 0.25) is 0 Å². The topological polar surface area (TPSA) is 25.8 Å². The van der Waals surface area contributed by atoms with Gasteiger partial charge in [-0.3, -0.25) is 4.98 Å².